The lowest BCUT2D eigenvalue weighted by Crippen LogP contribution is -2.50. The molecule has 2 aromatic carbocycles. The third kappa shape index (κ3) is 5.93. The summed E-state index contributed by atoms with van der Waals surface area (Å²) in [5, 5.41) is 0. The molecule has 2 fully saturated rings. The molecule has 0 spiro atoms. The maximum atomic E-state index is 14.1. The SMILES string of the molecule is COc1ccc(C(=O)N2CCCN(C[C@H]3CN(C(=O)c4ccc(F)cc4F)CCO3)CC2)cc1OC. The van der Waals surface area contributed by atoms with Crippen LogP contribution in [0.2, 0.25) is 0 Å². The number of amides is 2. The van der Waals surface area contributed by atoms with Gasteiger partial charge < -0.3 is 24.0 Å². The number of rotatable bonds is 6. The van der Waals surface area contributed by atoms with Gasteiger partial charge in [0.15, 0.2) is 11.5 Å². The normalized spacial score (nSPS) is 19.1. The molecule has 2 aliphatic heterocycles. The van der Waals surface area contributed by atoms with Crippen LogP contribution in [-0.4, -0.2) is 99.3 Å². The molecule has 2 amide bonds. The molecule has 194 valence electrons. The molecule has 0 aromatic heterocycles. The summed E-state index contributed by atoms with van der Waals surface area (Å²) in [5.41, 5.74) is 0.398. The molecular formula is C26H31F2N3O5. The first-order valence-corrected chi connectivity index (χ1v) is 12.0. The Labute approximate surface area is 209 Å². The number of carbonyl (C=O) groups excluding carboxylic acids is 2. The van der Waals surface area contributed by atoms with Crippen LogP contribution in [0.4, 0.5) is 8.78 Å². The Morgan fingerprint density at radius 3 is 2.47 bits per heavy atom. The van der Waals surface area contributed by atoms with Crippen molar-refractivity contribution in [2.24, 2.45) is 0 Å². The summed E-state index contributed by atoms with van der Waals surface area (Å²) in [6.45, 7) is 4.24. The molecule has 2 heterocycles. The molecule has 0 radical (unpaired) electrons. The average Bonchev–Trinajstić information content (AvgIpc) is 3.13. The van der Waals surface area contributed by atoms with Gasteiger partial charge in [-0.2, -0.15) is 0 Å². The summed E-state index contributed by atoms with van der Waals surface area (Å²) in [6, 6.07) is 8.13. The van der Waals surface area contributed by atoms with Gasteiger partial charge in [0.1, 0.15) is 11.6 Å². The second-order valence-corrected chi connectivity index (χ2v) is 8.88. The van der Waals surface area contributed by atoms with Crippen molar-refractivity contribution >= 4 is 11.8 Å². The highest BCUT2D eigenvalue weighted by atomic mass is 19.1. The molecule has 0 saturated carbocycles. The van der Waals surface area contributed by atoms with Gasteiger partial charge in [0.2, 0.25) is 0 Å². The van der Waals surface area contributed by atoms with Crippen molar-refractivity contribution in [1.82, 2.24) is 14.7 Å². The largest absolute Gasteiger partial charge is 0.493 e. The number of hydrogen-bond acceptors (Lipinski definition) is 6. The molecule has 8 nitrogen and oxygen atoms in total. The summed E-state index contributed by atoms with van der Waals surface area (Å²) in [6.07, 6.45) is 0.564. The third-order valence-corrected chi connectivity index (χ3v) is 6.56. The fraction of sp³-hybridized carbons (Fsp3) is 0.462. The van der Waals surface area contributed by atoms with Crippen LogP contribution in [0.1, 0.15) is 27.1 Å². The standard InChI is InChI=1S/C26H31F2N3O5/c1-34-23-7-4-18(14-24(23)35-2)25(32)30-9-3-8-29(10-11-30)16-20-17-31(12-13-36-20)26(33)21-6-5-19(27)15-22(21)28/h4-7,14-15,20H,3,8-13,16-17H2,1-2H3/t20-/m0/s1. The second-order valence-electron chi connectivity index (χ2n) is 8.88. The first-order chi connectivity index (χ1) is 17.4. The van der Waals surface area contributed by atoms with E-state index < -0.39 is 17.5 Å². The lowest BCUT2D eigenvalue weighted by atomic mass is 10.1. The van der Waals surface area contributed by atoms with Gasteiger partial charge in [-0.25, -0.2) is 8.78 Å². The maximum Gasteiger partial charge on any atom is 0.257 e. The fourth-order valence-electron chi connectivity index (χ4n) is 4.64. The van der Waals surface area contributed by atoms with Crippen LogP contribution in [0.5, 0.6) is 11.5 Å². The number of methoxy groups -OCH3 is 2. The van der Waals surface area contributed by atoms with Gasteiger partial charge in [0, 0.05) is 50.9 Å². The Morgan fingerprint density at radius 1 is 0.917 bits per heavy atom. The monoisotopic (exact) mass is 503 g/mol. The number of benzene rings is 2. The number of nitrogens with zero attached hydrogens (tertiary/aromatic N) is 3. The summed E-state index contributed by atoms with van der Waals surface area (Å²) >= 11 is 0. The Bertz CT molecular complexity index is 1100. The van der Waals surface area contributed by atoms with Crippen molar-refractivity contribution in [3.8, 4) is 11.5 Å². The highest BCUT2D eigenvalue weighted by molar-refractivity contribution is 5.95. The van der Waals surface area contributed by atoms with Crippen molar-refractivity contribution in [3.63, 3.8) is 0 Å². The van der Waals surface area contributed by atoms with E-state index in [0.29, 0.717) is 62.9 Å². The molecule has 4 rings (SSSR count). The lowest BCUT2D eigenvalue weighted by molar-refractivity contribution is -0.0354. The minimum Gasteiger partial charge on any atom is -0.493 e. The highest BCUT2D eigenvalue weighted by Gasteiger charge is 2.29. The average molecular weight is 504 g/mol. The molecule has 10 heteroatoms. The van der Waals surface area contributed by atoms with Gasteiger partial charge in [0.25, 0.3) is 11.8 Å². The van der Waals surface area contributed by atoms with Gasteiger partial charge in [-0.3, -0.25) is 14.5 Å². The molecule has 0 bridgehead atoms. The molecule has 0 aliphatic carbocycles. The summed E-state index contributed by atoms with van der Waals surface area (Å²) in [4.78, 5) is 31.5. The lowest BCUT2D eigenvalue weighted by Gasteiger charge is -2.35. The summed E-state index contributed by atoms with van der Waals surface area (Å²) in [7, 11) is 3.09. The summed E-state index contributed by atoms with van der Waals surface area (Å²) < 4.78 is 43.8. The van der Waals surface area contributed by atoms with E-state index in [9.17, 15) is 18.4 Å². The maximum absolute atomic E-state index is 14.1. The number of ether oxygens (including phenoxy) is 3. The zero-order valence-corrected chi connectivity index (χ0v) is 20.5. The van der Waals surface area contributed by atoms with Crippen LogP contribution in [-0.2, 0) is 4.74 Å². The zero-order chi connectivity index (χ0) is 25.7. The van der Waals surface area contributed by atoms with E-state index >= 15 is 0 Å². The van der Waals surface area contributed by atoms with Crippen molar-refractivity contribution in [3.05, 3.63) is 59.2 Å². The predicted octanol–water partition coefficient (Wildman–Crippen LogP) is 2.67. The highest BCUT2D eigenvalue weighted by Crippen LogP contribution is 2.28. The van der Waals surface area contributed by atoms with Gasteiger partial charge in [-0.15, -0.1) is 0 Å². The third-order valence-electron chi connectivity index (χ3n) is 6.56. The number of hydrogen-bond donors (Lipinski definition) is 0. The molecule has 0 N–H and O–H groups in total. The zero-order valence-electron chi connectivity index (χ0n) is 20.5. The van der Waals surface area contributed by atoms with Gasteiger partial charge >= 0.3 is 0 Å². The Hall–Kier alpha value is -3.24. The van der Waals surface area contributed by atoms with Crippen molar-refractivity contribution in [2.75, 3.05) is 66.6 Å². The minimum atomic E-state index is -0.866. The van der Waals surface area contributed by atoms with Crippen molar-refractivity contribution in [1.29, 1.82) is 0 Å². The van der Waals surface area contributed by atoms with Gasteiger partial charge in [0.05, 0.1) is 32.5 Å². The minimum absolute atomic E-state index is 0.0650. The van der Waals surface area contributed by atoms with Gasteiger partial charge in [-0.1, -0.05) is 0 Å². The molecule has 1 atom stereocenters. The van der Waals surface area contributed by atoms with Crippen molar-refractivity contribution < 1.29 is 32.6 Å². The Morgan fingerprint density at radius 2 is 1.72 bits per heavy atom. The van der Waals surface area contributed by atoms with Gasteiger partial charge in [-0.05, 0) is 43.3 Å². The second kappa shape index (κ2) is 11.7. The van der Waals surface area contributed by atoms with Crippen LogP contribution >= 0.6 is 0 Å². The van der Waals surface area contributed by atoms with E-state index in [-0.39, 0.29) is 17.6 Å². The predicted molar refractivity (Wildman–Crippen MR) is 129 cm³/mol. The Kier molecular flexibility index (Phi) is 8.37. The van der Waals surface area contributed by atoms with E-state index in [4.69, 9.17) is 14.2 Å². The number of carbonyl (C=O) groups is 2. The fourth-order valence-corrected chi connectivity index (χ4v) is 4.64. The molecular weight excluding hydrogens is 472 g/mol. The van der Waals surface area contributed by atoms with E-state index in [2.05, 4.69) is 4.90 Å². The molecule has 36 heavy (non-hydrogen) atoms. The van der Waals surface area contributed by atoms with Crippen LogP contribution in [0.25, 0.3) is 0 Å². The van der Waals surface area contributed by atoms with Crippen molar-refractivity contribution in [2.45, 2.75) is 12.5 Å². The number of halogens is 2. The van der Waals surface area contributed by atoms with E-state index in [1.807, 2.05) is 4.90 Å². The van der Waals surface area contributed by atoms with Crippen LogP contribution in [0.3, 0.4) is 0 Å². The molecule has 2 aromatic rings. The first-order valence-electron chi connectivity index (χ1n) is 12.0. The smallest absolute Gasteiger partial charge is 0.257 e. The van der Waals surface area contributed by atoms with E-state index in [0.717, 1.165) is 25.1 Å². The molecule has 0 unspecified atom stereocenters. The van der Waals surface area contributed by atoms with E-state index in [1.54, 1.807) is 30.2 Å². The molecule has 2 aliphatic rings. The molecule has 2 saturated heterocycles. The van der Waals surface area contributed by atoms with Crippen LogP contribution in [0, 0.1) is 11.6 Å². The Balaban J connectivity index is 1.33. The first kappa shape index (κ1) is 25.8. The van der Waals surface area contributed by atoms with E-state index in [1.165, 1.54) is 13.2 Å². The summed E-state index contributed by atoms with van der Waals surface area (Å²) in [5.74, 6) is -1.04. The quantitative estimate of drug-likeness (QED) is 0.604. The van der Waals surface area contributed by atoms with Crippen LogP contribution < -0.4 is 9.47 Å². The van der Waals surface area contributed by atoms with Crippen LogP contribution in [0.15, 0.2) is 36.4 Å². The number of morpholine rings is 1. The topological polar surface area (TPSA) is 71.6 Å².